The van der Waals surface area contributed by atoms with Gasteiger partial charge in [0.1, 0.15) is 11.5 Å². The summed E-state index contributed by atoms with van der Waals surface area (Å²) >= 11 is 0. The highest BCUT2D eigenvalue weighted by Gasteiger charge is 2.13. The van der Waals surface area contributed by atoms with E-state index in [1.54, 1.807) is 24.3 Å². The maximum Gasteiger partial charge on any atom is 0.115 e. The van der Waals surface area contributed by atoms with Crippen molar-refractivity contribution >= 4 is 17.5 Å². The lowest BCUT2D eigenvalue weighted by molar-refractivity contribution is 0.475. The van der Waals surface area contributed by atoms with Gasteiger partial charge in [-0.3, -0.25) is 0 Å². The van der Waals surface area contributed by atoms with Crippen LogP contribution in [0.3, 0.4) is 0 Å². The summed E-state index contributed by atoms with van der Waals surface area (Å²) in [6.07, 6.45) is 1.89. The predicted molar refractivity (Wildman–Crippen MR) is 103 cm³/mol. The van der Waals surface area contributed by atoms with E-state index in [1.807, 2.05) is 36.4 Å². The highest BCUT2D eigenvalue weighted by atomic mass is 16.3. The van der Waals surface area contributed by atoms with E-state index in [0.29, 0.717) is 6.54 Å². The van der Waals surface area contributed by atoms with Crippen LogP contribution in [0.2, 0.25) is 0 Å². The Morgan fingerprint density at radius 2 is 1.36 bits per heavy atom. The molecule has 3 rings (SSSR count). The van der Waals surface area contributed by atoms with Gasteiger partial charge in [-0.2, -0.15) is 0 Å². The molecule has 3 heteroatoms. The van der Waals surface area contributed by atoms with Crippen LogP contribution in [-0.4, -0.2) is 10.2 Å². The Hall–Kier alpha value is -3.20. The molecule has 0 saturated heterocycles. The molecule has 3 aromatic rings. The number of benzene rings is 3. The van der Waals surface area contributed by atoms with Crippen molar-refractivity contribution in [2.45, 2.75) is 13.5 Å². The second-order valence-corrected chi connectivity index (χ2v) is 5.97. The van der Waals surface area contributed by atoms with Crippen LogP contribution in [0, 0.1) is 6.92 Å². The van der Waals surface area contributed by atoms with Crippen LogP contribution < -0.4 is 4.90 Å². The van der Waals surface area contributed by atoms with Gasteiger partial charge in [0.25, 0.3) is 0 Å². The Kier molecular flexibility index (Phi) is 4.75. The molecular weight excluding hydrogens is 310 g/mol. The van der Waals surface area contributed by atoms with Crippen molar-refractivity contribution in [3.05, 3.63) is 90.0 Å². The molecule has 126 valence electrons. The fourth-order valence-corrected chi connectivity index (χ4v) is 2.94. The zero-order valence-corrected chi connectivity index (χ0v) is 14.2. The molecule has 0 unspecified atom stereocenters. The van der Waals surface area contributed by atoms with Crippen molar-refractivity contribution in [2.75, 3.05) is 4.90 Å². The molecule has 3 aromatic carbocycles. The lowest BCUT2D eigenvalue weighted by atomic mass is 10.0. The number of hydrogen-bond donors (Lipinski definition) is 2. The van der Waals surface area contributed by atoms with Crippen molar-refractivity contribution < 1.29 is 10.2 Å². The summed E-state index contributed by atoms with van der Waals surface area (Å²) < 4.78 is 0. The normalized spacial score (nSPS) is 10.4. The molecule has 0 heterocycles. The summed E-state index contributed by atoms with van der Waals surface area (Å²) in [5.74, 6) is 0.466. The van der Waals surface area contributed by atoms with Gasteiger partial charge in [0, 0.05) is 17.9 Å². The number of phenols is 2. The van der Waals surface area contributed by atoms with E-state index < -0.39 is 0 Å². The van der Waals surface area contributed by atoms with Gasteiger partial charge in [0.15, 0.2) is 0 Å². The number of aromatic hydroxyl groups is 2. The fraction of sp³-hybridized carbons (Fsp3) is 0.0909. The topological polar surface area (TPSA) is 43.7 Å². The van der Waals surface area contributed by atoms with Crippen molar-refractivity contribution in [1.29, 1.82) is 0 Å². The quantitative estimate of drug-likeness (QED) is 0.659. The van der Waals surface area contributed by atoms with Crippen molar-refractivity contribution in [2.24, 2.45) is 0 Å². The standard InChI is InChI=1S/C22H21NO2/c1-3-22-16(2)5-4-6-17(22)15-23(18-7-11-20(24)12-8-18)19-9-13-21(25)14-10-19/h3-14,24-25H,1,15H2,2H3. The van der Waals surface area contributed by atoms with Gasteiger partial charge < -0.3 is 15.1 Å². The molecule has 0 aliphatic rings. The van der Waals surface area contributed by atoms with Gasteiger partial charge in [0.05, 0.1) is 0 Å². The minimum absolute atomic E-state index is 0.233. The lowest BCUT2D eigenvalue weighted by Crippen LogP contribution is -2.17. The highest BCUT2D eigenvalue weighted by Crippen LogP contribution is 2.31. The van der Waals surface area contributed by atoms with E-state index in [0.717, 1.165) is 22.5 Å². The molecule has 0 aromatic heterocycles. The van der Waals surface area contributed by atoms with Crippen LogP contribution in [0.15, 0.2) is 73.3 Å². The minimum Gasteiger partial charge on any atom is -0.508 e. The van der Waals surface area contributed by atoms with Gasteiger partial charge in [-0.1, -0.05) is 30.9 Å². The Morgan fingerprint density at radius 3 is 1.84 bits per heavy atom. The van der Waals surface area contributed by atoms with E-state index >= 15 is 0 Å². The van der Waals surface area contributed by atoms with Gasteiger partial charge in [-0.15, -0.1) is 0 Å². The molecule has 0 radical (unpaired) electrons. The molecule has 0 bridgehead atoms. The van der Waals surface area contributed by atoms with Crippen LogP contribution in [-0.2, 0) is 6.54 Å². The Labute approximate surface area is 148 Å². The zero-order valence-electron chi connectivity index (χ0n) is 14.2. The summed E-state index contributed by atoms with van der Waals surface area (Å²) in [5, 5.41) is 19.2. The van der Waals surface area contributed by atoms with Crippen molar-refractivity contribution in [3.8, 4) is 11.5 Å². The molecular formula is C22H21NO2. The molecule has 25 heavy (non-hydrogen) atoms. The molecule has 0 aliphatic heterocycles. The van der Waals surface area contributed by atoms with Crippen LogP contribution >= 0.6 is 0 Å². The van der Waals surface area contributed by atoms with Gasteiger partial charge in [-0.05, 0) is 72.1 Å². The average Bonchev–Trinajstić information content (AvgIpc) is 2.61. The maximum atomic E-state index is 9.59. The van der Waals surface area contributed by atoms with Gasteiger partial charge >= 0.3 is 0 Å². The first-order chi connectivity index (χ1) is 12.1. The Morgan fingerprint density at radius 1 is 0.840 bits per heavy atom. The molecule has 0 fully saturated rings. The third-order valence-electron chi connectivity index (χ3n) is 4.27. The first kappa shape index (κ1) is 16.7. The number of aryl methyl sites for hydroxylation is 1. The van der Waals surface area contributed by atoms with Gasteiger partial charge in [0.2, 0.25) is 0 Å². The van der Waals surface area contributed by atoms with Crippen LogP contribution in [0.25, 0.3) is 6.08 Å². The Bertz CT molecular complexity index is 822. The highest BCUT2D eigenvalue weighted by molar-refractivity contribution is 5.66. The van der Waals surface area contributed by atoms with Crippen LogP contribution in [0.1, 0.15) is 16.7 Å². The first-order valence-electron chi connectivity index (χ1n) is 8.15. The number of anilines is 2. The van der Waals surface area contributed by atoms with E-state index in [9.17, 15) is 10.2 Å². The zero-order chi connectivity index (χ0) is 17.8. The Balaban J connectivity index is 2.05. The van der Waals surface area contributed by atoms with Crippen molar-refractivity contribution in [1.82, 2.24) is 0 Å². The van der Waals surface area contributed by atoms with Crippen LogP contribution in [0.5, 0.6) is 11.5 Å². The second-order valence-electron chi connectivity index (χ2n) is 5.97. The first-order valence-corrected chi connectivity index (χ1v) is 8.15. The van der Waals surface area contributed by atoms with E-state index in [4.69, 9.17) is 0 Å². The number of nitrogens with zero attached hydrogens (tertiary/aromatic N) is 1. The molecule has 3 nitrogen and oxygen atoms in total. The SMILES string of the molecule is C=Cc1c(C)cccc1CN(c1ccc(O)cc1)c1ccc(O)cc1. The molecule has 0 spiro atoms. The summed E-state index contributed by atoms with van der Waals surface area (Å²) in [4.78, 5) is 2.14. The molecule has 0 atom stereocenters. The maximum absolute atomic E-state index is 9.59. The smallest absolute Gasteiger partial charge is 0.115 e. The third kappa shape index (κ3) is 3.66. The second kappa shape index (κ2) is 7.14. The van der Waals surface area contributed by atoms with Gasteiger partial charge in [-0.25, -0.2) is 0 Å². The summed E-state index contributed by atoms with van der Waals surface area (Å²) in [5.41, 5.74) is 5.39. The van der Waals surface area contributed by atoms with E-state index in [-0.39, 0.29) is 11.5 Å². The molecule has 0 amide bonds. The predicted octanol–water partition coefficient (Wildman–Crippen LogP) is 5.39. The monoisotopic (exact) mass is 331 g/mol. The lowest BCUT2D eigenvalue weighted by Gasteiger charge is -2.26. The number of rotatable bonds is 5. The third-order valence-corrected chi connectivity index (χ3v) is 4.27. The van der Waals surface area contributed by atoms with Crippen molar-refractivity contribution in [3.63, 3.8) is 0 Å². The van der Waals surface area contributed by atoms with Crippen LogP contribution in [0.4, 0.5) is 11.4 Å². The fourth-order valence-electron chi connectivity index (χ4n) is 2.94. The van der Waals surface area contributed by atoms with E-state index in [2.05, 4.69) is 30.5 Å². The minimum atomic E-state index is 0.233. The summed E-state index contributed by atoms with van der Waals surface area (Å²) in [6, 6.07) is 20.4. The molecule has 0 aliphatic carbocycles. The molecule has 0 saturated carbocycles. The number of hydrogen-bond acceptors (Lipinski definition) is 3. The summed E-state index contributed by atoms with van der Waals surface area (Å²) in [7, 11) is 0. The summed E-state index contributed by atoms with van der Waals surface area (Å²) in [6.45, 7) is 6.67. The largest absolute Gasteiger partial charge is 0.508 e. The molecule has 2 N–H and O–H groups in total. The number of phenolic OH excluding ortho intramolecular Hbond substituents is 2. The average molecular weight is 331 g/mol. The van der Waals surface area contributed by atoms with E-state index in [1.165, 1.54) is 5.56 Å².